The number of hydrogen-bond acceptors (Lipinski definition) is 5. The lowest BCUT2D eigenvalue weighted by atomic mass is 10.2. The predicted molar refractivity (Wildman–Crippen MR) is 107 cm³/mol. The number of carbonyl (C=O) groups is 1. The summed E-state index contributed by atoms with van der Waals surface area (Å²) in [6.07, 6.45) is 4.65. The van der Waals surface area contributed by atoms with Crippen LogP contribution in [0.1, 0.15) is 16.1 Å². The quantitative estimate of drug-likeness (QED) is 0.566. The maximum atomic E-state index is 12.6. The normalized spacial score (nSPS) is 10.8. The molecule has 0 bridgehead atoms. The number of pyridine rings is 2. The van der Waals surface area contributed by atoms with E-state index < -0.39 is 0 Å². The molecule has 140 valence electrons. The molecule has 0 aliphatic carbocycles. The van der Waals surface area contributed by atoms with Crippen molar-refractivity contribution in [1.29, 1.82) is 0 Å². The van der Waals surface area contributed by atoms with Crippen LogP contribution in [0, 0.1) is 6.92 Å². The van der Waals surface area contributed by atoms with Gasteiger partial charge in [-0.25, -0.2) is 9.67 Å². The van der Waals surface area contributed by atoms with Gasteiger partial charge in [-0.2, -0.15) is 5.10 Å². The van der Waals surface area contributed by atoms with Gasteiger partial charge in [-0.3, -0.25) is 9.78 Å². The number of benzene rings is 1. The first kappa shape index (κ1) is 17.9. The number of nitrogens with zero attached hydrogens (tertiary/aromatic N) is 4. The molecular weight excluding hydrogens is 378 g/mol. The standard InChI is InChI=1S/C20H16ClN5O2/c1-12-17-18(21)16(20(27)24-13-4-3-9-22-10-13)11-23-19(17)26(25-12)14-5-7-15(28-2)8-6-14/h3-11H,1-2H3,(H,24,27). The molecule has 0 saturated heterocycles. The van der Waals surface area contributed by atoms with E-state index in [2.05, 4.69) is 20.4 Å². The monoisotopic (exact) mass is 393 g/mol. The molecule has 3 heterocycles. The highest BCUT2D eigenvalue weighted by molar-refractivity contribution is 6.39. The molecule has 28 heavy (non-hydrogen) atoms. The summed E-state index contributed by atoms with van der Waals surface area (Å²) in [6.45, 7) is 1.83. The first-order chi connectivity index (χ1) is 13.6. The van der Waals surface area contributed by atoms with Crippen LogP contribution in [-0.2, 0) is 0 Å². The average Bonchev–Trinajstić information content (AvgIpc) is 3.06. The smallest absolute Gasteiger partial charge is 0.258 e. The summed E-state index contributed by atoms with van der Waals surface area (Å²) in [6, 6.07) is 10.9. The molecule has 3 aromatic heterocycles. The summed E-state index contributed by atoms with van der Waals surface area (Å²) < 4.78 is 6.89. The van der Waals surface area contributed by atoms with Gasteiger partial charge in [0.25, 0.3) is 5.91 Å². The minimum absolute atomic E-state index is 0.274. The number of rotatable bonds is 4. The van der Waals surface area contributed by atoms with Crippen LogP contribution in [0.3, 0.4) is 0 Å². The first-order valence-electron chi connectivity index (χ1n) is 8.48. The zero-order valence-electron chi connectivity index (χ0n) is 15.2. The second kappa shape index (κ2) is 7.28. The molecule has 0 spiro atoms. The molecule has 0 aliphatic rings. The Balaban J connectivity index is 1.75. The number of hydrogen-bond donors (Lipinski definition) is 1. The third-order valence-corrected chi connectivity index (χ3v) is 4.68. The van der Waals surface area contributed by atoms with E-state index in [1.165, 1.54) is 6.20 Å². The molecule has 0 aliphatic heterocycles. The molecule has 4 rings (SSSR count). The molecule has 0 saturated carbocycles. The number of amides is 1. The van der Waals surface area contributed by atoms with Gasteiger partial charge in [0, 0.05) is 12.4 Å². The van der Waals surface area contributed by atoms with Crippen LogP contribution in [0.25, 0.3) is 16.7 Å². The van der Waals surface area contributed by atoms with Crippen molar-refractivity contribution in [3.63, 3.8) is 0 Å². The van der Waals surface area contributed by atoms with E-state index in [1.54, 1.807) is 36.3 Å². The lowest BCUT2D eigenvalue weighted by Crippen LogP contribution is -2.13. The molecule has 8 heteroatoms. The summed E-state index contributed by atoms with van der Waals surface area (Å²) in [7, 11) is 1.61. The number of aromatic nitrogens is 4. The van der Waals surface area contributed by atoms with Crippen LogP contribution < -0.4 is 10.1 Å². The van der Waals surface area contributed by atoms with Gasteiger partial charge in [0.1, 0.15) is 5.75 Å². The van der Waals surface area contributed by atoms with Crippen molar-refractivity contribution in [2.45, 2.75) is 6.92 Å². The van der Waals surface area contributed by atoms with Gasteiger partial charge in [0.05, 0.1) is 46.3 Å². The Labute approximate surface area is 165 Å². The van der Waals surface area contributed by atoms with Crippen LogP contribution >= 0.6 is 11.6 Å². The van der Waals surface area contributed by atoms with E-state index in [1.807, 2.05) is 31.2 Å². The number of nitrogens with one attached hydrogen (secondary N) is 1. The molecule has 0 unspecified atom stereocenters. The van der Waals surface area contributed by atoms with Crippen molar-refractivity contribution in [2.75, 3.05) is 12.4 Å². The highest BCUT2D eigenvalue weighted by Crippen LogP contribution is 2.30. The average molecular weight is 394 g/mol. The molecule has 1 aromatic carbocycles. The van der Waals surface area contributed by atoms with Gasteiger partial charge >= 0.3 is 0 Å². The second-order valence-corrected chi connectivity index (χ2v) is 6.45. The molecule has 0 fully saturated rings. The summed E-state index contributed by atoms with van der Waals surface area (Å²) in [5, 5.41) is 8.26. The molecule has 1 amide bonds. The first-order valence-corrected chi connectivity index (χ1v) is 8.86. The number of carbonyl (C=O) groups excluding carboxylic acids is 1. The van der Waals surface area contributed by atoms with Crippen molar-refractivity contribution < 1.29 is 9.53 Å². The lowest BCUT2D eigenvalue weighted by Gasteiger charge is -2.08. The Morgan fingerprint density at radius 3 is 2.64 bits per heavy atom. The Morgan fingerprint density at radius 2 is 1.96 bits per heavy atom. The fraction of sp³-hybridized carbons (Fsp3) is 0.100. The summed E-state index contributed by atoms with van der Waals surface area (Å²) in [5.74, 6) is 0.390. The van der Waals surface area contributed by atoms with Crippen LogP contribution in [0.4, 0.5) is 5.69 Å². The van der Waals surface area contributed by atoms with Gasteiger partial charge in [-0.15, -0.1) is 0 Å². The van der Waals surface area contributed by atoms with Crippen LogP contribution in [0.15, 0.2) is 55.0 Å². The third kappa shape index (κ3) is 3.16. The zero-order chi connectivity index (χ0) is 19.7. The zero-order valence-corrected chi connectivity index (χ0v) is 15.9. The Bertz CT molecular complexity index is 1160. The predicted octanol–water partition coefficient (Wildman–Crippen LogP) is 4.04. The minimum Gasteiger partial charge on any atom is -0.497 e. The Morgan fingerprint density at radius 1 is 1.18 bits per heavy atom. The van der Waals surface area contributed by atoms with Crippen molar-refractivity contribution in [3.05, 3.63) is 71.3 Å². The maximum Gasteiger partial charge on any atom is 0.258 e. The lowest BCUT2D eigenvalue weighted by molar-refractivity contribution is 0.102. The SMILES string of the molecule is COc1ccc(-n2nc(C)c3c(Cl)c(C(=O)Nc4cccnc4)cnc32)cc1. The van der Waals surface area contributed by atoms with Gasteiger partial charge in [0.2, 0.25) is 0 Å². The molecular formula is C20H16ClN5O2. The Kier molecular flexibility index (Phi) is 4.67. The molecule has 0 radical (unpaired) electrons. The van der Waals surface area contributed by atoms with Crippen molar-refractivity contribution >= 4 is 34.2 Å². The highest BCUT2D eigenvalue weighted by Gasteiger charge is 2.20. The van der Waals surface area contributed by atoms with E-state index in [0.29, 0.717) is 27.4 Å². The number of ether oxygens (including phenoxy) is 1. The number of aryl methyl sites for hydroxylation is 1. The summed E-state index contributed by atoms with van der Waals surface area (Å²) in [5.41, 5.74) is 2.92. The molecule has 0 atom stereocenters. The van der Waals surface area contributed by atoms with Crippen LogP contribution in [0.5, 0.6) is 5.75 Å². The van der Waals surface area contributed by atoms with Crippen molar-refractivity contribution in [3.8, 4) is 11.4 Å². The third-order valence-electron chi connectivity index (χ3n) is 4.29. The van der Waals surface area contributed by atoms with E-state index >= 15 is 0 Å². The molecule has 7 nitrogen and oxygen atoms in total. The van der Waals surface area contributed by atoms with Crippen molar-refractivity contribution in [1.82, 2.24) is 19.7 Å². The second-order valence-electron chi connectivity index (χ2n) is 6.08. The minimum atomic E-state index is -0.357. The van der Waals surface area contributed by atoms with Gasteiger partial charge in [-0.05, 0) is 43.3 Å². The van der Waals surface area contributed by atoms with E-state index in [0.717, 1.165) is 11.4 Å². The number of fused-ring (bicyclic) bond motifs is 1. The maximum absolute atomic E-state index is 12.6. The highest BCUT2D eigenvalue weighted by atomic mass is 35.5. The fourth-order valence-electron chi connectivity index (χ4n) is 2.91. The van der Waals surface area contributed by atoms with Gasteiger partial charge in [-0.1, -0.05) is 11.6 Å². The largest absolute Gasteiger partial charge is 0.497 e. The summed E-state index contributed by atoms with van der Waals surface area (Å²) in [4.78, 5) is 21.1. The fourth-order valence-corrected chi connectivity index (χ4v) is 3.26. The number of methoxy groups -OCH3 is 1. The number of halogens is 1. The molecule has 4 aromatic rings. The van der Waals surface area contributed by atoms with E-state index in [4.69, 9.17) is 16.3 Å². The molecule has 1 N–H and O–H groups in total. The number of anilines is 1. The van der Waals surface area contributed by atoms with Gasteiger partial charge in [0.15, 0.2) is 5.65 Å². The van der Waals surface area contributed by atoms with E-state index in [9.17, 15) is 4.79 Å². The van der Waals surface area contributed by atoms with Crippen LogP contribution in [-0.4, -0.2) is 32.8 Å². The summed E-state index contributed by atoms with van der Waals surface area (Å²) >= 11 is 6.57. The Hall–Kier alpha value is -3.45. The van der Waals surface area contributed by atoms with E-state index in [-0.39, 0.29) is 11.5 Å². The topological polar surface area (TPSA) is 81.9 Å². The van der Waals surface area contributed by atoms with Crippen LogP contribution in [0.2, 0.25) is 5.02 Å². The van der Waals surface area contributed by atoms with Gasteiger partial charge < -0.3 is 10.1 Å². The van der Waals surface area contributed by atoms with Crippen molar-refractivity contribution in [2.24, 2.45) is 0 Å².